The molecule has 1 fully saturated rings. The highest BCUT2D eigenvalue weighted by atomic mass is 35.5. The van der Waals surface area contributed by atoms with E-state index in [0.29, 0.717) is 5.69 Å². The lowest BCUT2D eigenvalue weighted by atomic mass is 10.3. The van der Waals surface area contributed by atoms with Gasteiger partial charge >= 0.3 is 0 Å². The molecule has 0 radical (unpaired) electrons. The van der Waals surface area contributed by atoms with E-state index in [4.69, 9.17) is 16.7 Å². The zero-order valence-corrected chi connectivity index (χ0v) is 8.10. The molecule has 7 heteroatoms. The fourth-order valence-electron chi connectivity index (χ4n) is 1.06. The molecule has 1 saturated carbocycles. The molecular formula is C6H7ClN2O3S. The summed E-state index contributed by atoms with van der Waals surface area (Å²) in [5, 5.41) is 8.02. The molecule has 2 N–H and O–H groups in total. The van der Waals surface area contributed by atoms with E-state index in [1.165, 1.54) is 0 Å². The van der Waals surface area contributed by atoms with Crippen molar-refractivity contribution in [3.8, 4) is 0 Å². The highest BCUT2D eigenvalue weighted by Gasteiger charge is 2.33. The van der Waals surface area contributed by atoms with Gasteiger partial charge in [0.25, 0.3) is 15.1 Å². The Morgan fingerprint density at radius 2 is 2.15 bits per heavy atom. The summed E-state index contributed by atoms with van der Waals surface area (Å²) >= 11 is 5.73. The van der Waals surface area contributed by atoms with E-state index in [1.807, 2.05) is 0 Å². The van der Waals surface area contributed by atoms with E-state index in [9.17, 15) is 8.42 Å². The Balaban J connectivity index is 2.50. The number of nitrogens with two attached hydrogens (primary N) is 1. The van der Waals surface area contributed by atoms with Crippen LogP contribution in [-0.4, -0.2) is 13.6 Å². The van der Waals surface area contributed by atoms with Gasteiger partial charge in [-0.15, -0.1) is 0 Å². The Hall–Kier alpha value is -0.590. The smallest absolute Gasteiger partial charge is 0.284 e. The molecule has 0 aromatic carbocycles. The number of primary sulfonamides is 1. The van der Waals surface area contributed by atoms with Gasteiger partial charge in [-0.2, -0.15) is 0 Å². The van der Waals surface area contributed by atoms with Crippen molar-refractivity contribution < 1.29 is 12.9 Å². The van der Waals surface area contributed by atoms with Crippen molar-refractivity contribution in [2.75, 3.05) is 0 Å². The molecule has 2 rings (SSSR count). The molecule has 0 aliphatic heterocycles. The highest BCUT2D eigenvalue weighted by molar-refractivity contribution is 7.89. The molecule has 13 heavy (non-hydrogen) atoms. The minimum Gasteiger partial charge on any atom is -0.341 e. The molecule has 1 aliphatic rings. The second-order valence-corrected chi connectivity index (χ2v) is 4.83. The van der Waals surface area contributed by atoms with E-state index in [-0.39, 0.29) is 10.9 Å². The van der Waals surface area contributed by atoms with Crippen LogP contribution in [0.1, 0.15) is 24.5 Å². The minimum atomic E-state index is -3.88. The second kappa shape index (κ2) is 2.70. The Morgan fingerprint density at radius 3 is 2.54 bits per heavy atom. The zero-order chi connectivity index (χ0) is 9.64. The predicted octanol–water partition coefficient (Wildman–Crippen LogP) is 0.853. The van der Waals surface area contributed by atoms with Gasteiger partial charge < -0.3 is 4.52 Å². The molecule has 1 aromatic rings. The van der Waals surface area contributed by atoms with E-state index >= 15 is 0 Å². The summed E-state index contributed by atoms with van der Waals surface area (Å²) in [5.41, 5.74) is 0.505. The molecule has 1 aromatic heterocycles. The number of halogens is 1. The van der Waals surface area contributed by atoms with Crippen molar-refractivity contribution in [3.63, 3.8) is 0 Å². The number of hydrogen-bond acceptors (Lipinski definition) is 4. The SMILES string of the molecule is NS(=O)(=O)c1onc(C2CC2)c1Cl. The van der Waals surface area contributed by atoms with Crippen LogP contribution in [0.2, 0.25) is 5.02 Å². The minimum absolute atomic E-state index is 0.0324. The summed E-state index contributed by atoms with van der Waals surface area (Å²) in [6.45, 7) is 0. The third kappa shape index (κ3) is 1.56. The lowest BCUT2D eigenvalue weighted by Crippen LogP contribution is -2.11. The van der Waals surface area contributed by atoms with Crippen molar-refractivity contribution in [3.05, 3.63) is 10.7 Å². The number of rotatable bonds is 2. The van der Waals surface area contributed by atoms with E-state index in [1.54, 1.807) is 0 Å². The first-order chi connectivity index (χ1) is 6.00. The van der Waals surface area contributed by atoms with Crippen LogP contribution in [0.3, 0.4) is 0 Å². The van der Waals surface area contributed by atoms with Gasteiger partial charge in [-0.3, -0.25) is 0 Å². The summed E-state index contributed by atoms with van der Waals surface area (Å²) < 4.78 is 26.3. The summed E-state index contributed by atoms with van der Waals surface area (Å²) in [5.74, 6) is 0.242. The molecule has 0 spiro atoms. The lowest BCUT2D eigenvalue weighted by molar-refractivity contribution is 0.335. The summed E-state index contributed by atoms with van der Waals surface area (Å²) in [7, 11) is -3.88. The van der Waals surface area contributed by atoms with Crippen molar-refractivity contribution in [2.24, 2.45) is 5.14 Å². The average Bonchev–Trinajstić information content (AvgIpc) is 2.73. The maximum Gasteiger partial charge on any atom is 0.284 e. The highest BCUT2D eigenvalue weighted by Crippen LogP contribution is 2.43. The topological polar surface area (TPSA) is 86.2 Å². The van der Waals surface area contributed by atoms with Gasteiger partial charge in [-0.25, -0.2) is 13.6 Å². The van der Waals surface area contributed by atoms with Crippen LogP contribution in [-0.2, 0) is 10.0 Å². The molecule has 72 valence electrons. The summed E-state index contributed by atoms with van der Waals surface area (Å²) in [6.07, 6.45) is 1.94. The van der Waals surface area contributed by atoms with Crippen LogP contribution in [0.25, 0.3) is 0 Å². The van der Waals surface area contributed by atoms with Gasteiger partial charge in [0, 0.05) is 5.92 Å². The molecule has 0 atom stereocenters. The maximum atomic E-state index is 10.9. The van der Waals surface area contributed by atoms with Crippen molar-refractivity contribution in [2.45, 2.75) is 23.9 Å². The third-order valence-electron chi connectivity index (χ3n) is 1.85. The largest absolute Gasteiger partial charge is 0.341 e. The Bertz CT molecular complexity index is 435. The van der Waals surface area contributed by atoms with Crippen molar-refractivity contribution >= 4 is 21.6 Å². The summed E-state index contributed by atoms with van der Waals surface area (Å²) in [4.78, 5) is 0. The van der Waals surface area contributed by atoms with Crippen LogP contribution >= 0.6 is 11.6 Å². The van der Waals surface area contributed by atoms with Gasteiger partial charge in [-0.1, -0.05) is 16.8 Å². The second-order valence-electron chi connectivity index (χ2n) is 2.99. The van der Waals surface area contributed by atoms with Gasteiger partial charge in [0.1, 0.15) is 10.7 Å². The molecule has 0 unspecified atom stereocenters. The van der Waals surface area contributed by atoms with Crippen LogP contribution < -0.4 is 5.14 Å². The number of nitrogens with zero attached hydrogens (tertiary/aromatic N) is 1. The lowest BCUT2D eigenvalue weighted by Gasteiger charge is -1.90. The van der Waals surface area contributed by atoms with Crippen LogP contribution in [0.15, 0.2) is 9.62 Å². The van der Waals surface area contributed by atoms with Crippen molar-refractivity contribution in [1.82, 2.24) is 5.16 Å². The first-order valence-corrected chi connectivity index (χ1v) is 5.60. The Labute approximate surface area is 79.9 Å². The Kier molecular flexibility index (Phi) is 1.86. The van der Waals surface area contributed by atoms with Crippen LogP contribution in [0.5, 0.6) is 0 Å². The molecule has 0 bridgehead atoms. The molecule has 1 heterocycles. The first kappa shape index (κ1) is 8.98. The number of sulfonamides is 1. The van der Waals surface area contributed by atoms with E-state index < -0.39 is 15.1 Å². The monoisotopic (exact) mass is 222 g/mol. The quantitative estimate of drug-likeness (QED) is 0.804. The predicted molar refractivity (Wildman–Crippen MR) is 44.9 cm³/mol. The average molecular weight is 223 g/mol. The molecule has 1 aliphatic carbocycles. The first-order valence-electron chi connectivity index (χ1n) is 3.68. The molecule has 0 amide bonds. The van der Waals surface area contributed by atoms with Crippen molar-refractivity contribution in [1.29, 1.82) is 0 Å². The molecule has 5 nitrogen and oxygen atoms in total. The number of hydrogen-bond donors (Lipinski definition) is 1. The van der Waals surface area contributed by atoms with E-state index in [0.717, 1.165) is 12.8 Å². The molecular weight excluding hydrogens is 216 g/mol. The maximum absolute atomic E-state index is 10.9. The Morgan fingerprint density at radius 1 is 1.54 bits per heavy atom. The van der Waals surface area contributed by atoms with Crippen LogP contribution in [0, 0.1) is 0 Å². The normalized spacial score (nSPS) is 17.7. The fraction of sp³-hybridized carbons (Fsp3) is 0.500. The van der Waals surface area contributed by atoms with E-state index in [2.05, 4.69) is 9.68 Å². The third-order valence-corrected chi connectivity index (χ3v) is 3.13. The molecule has 0 saturated heterocycles. The van der Waals surface area contributed by atoms with Crippen LogP contribution in [0.4, 0.5) is 0 Å². The fourth-order valence-corrected chi connectivity index (χ4v) is 2.10. The van der Waals surface area contributed by atoms with Gasteiger partial charge in [0.15, 0.2) is 0 Å². The van der Waals surface area contributed by atoms with Gasteiger partial charge in [0.2, 0.25) is 0 Å². The number of aromatic nitrogens is 1. The van der Waals surface area contributed by atoms with Gasteiger partial charge in [0.05, 0.1) is 0 Å². The van der Waals surface area contributed by atoms with Gasteiger partial charge in [-0.05, 0) is 12.8 Å². The zero-order valence-electron chi connectivity index (χ0n) is 6.53. The summed E-state index contributed by atoms with van der Waals surface area (Å²) in [6, 6.07) is 0. The standard InChI is InChI=1S/C6H7ClN2O3S/c7-4-5(3-1-2-3)9-12-6(4)13(8,10)11/h3H,1-2H2,(H2,8,10,11).